The number of ether oxygens (including phenoxy) is 1. The number of anilines is 2. The second-order valence-electron chi connectivity index (χ2n) is 5.28. The maximum atomic E-state index is 6.01. The van der Waals surface area contributed by atoms with Gasteiger partial charge >= 0.3 is 0 Å². The van der Waals surface area contributed by atoms with Gasteiger partial charge in [-0.05, 0) is 34.9 Å². The molecular weight excluding hydrogens is 272 g/mol. The highest BCUT2D eigenvalue weighted by Crippen LogP contribution is 2.30. The number of fused-ring (bicyclic) bond motifs is 1. The van der Waals surface area contributed by atoms with Gasteiger partial charge < -0.3 is 15.8 Å². The Morgan fingerprint density at radius 2 is 1.77 bits per heavy atom. The number of nitrogens with two attached hydrogens (primary N) is 1. The molecule has 3 nitrogen and oxygen atoms in total. The van der Waals surface area contributed by atoms with E-state index in [1.807, 2.05) is 18.2 Å². The lowest BCUT2D eigenvalue weighted by Crippen LogP contribution is -2.08. The second-order valence-corrected chi connectivity index (χ2v) is 5.28. The first kappa shape index (κ1) is 14.3. The van der Waals surface area contributed by atoms with Crippen LogP contribution in [0.4, 0.5) is 11.4 Å². The van der Waals surface area contributed by atoms with E-state index in [-0.39, 0.29) is 0 Å². The number of rotatable bonds is 5. The predicted molar refractivity (Wildman–Crippen MR) is 93.5 cm³/mol. The number of nitrogens with one attached hydrogen (secondary N) is 1. The Balaban J connectivity index is 1.70. The van der Waals surface area contributed by atoms with E-state index in [2.05, 4.69) is 47.8 Å². The van der Waals surface area contributed by atoms with Crippen molar-refractivity contribution in [1.29, 1.82) is 0 Å². The van der Waals surface area contributed by atoms with E-state index in [9.17, 15) is 0 Å². The summed E-state index contributed by atoms with van der Waals surface area (Å²) < 4.78 is 5.34. The van der Waals surface area contributed by atoms with Gasteiger partial charge in [-0.3, -0.25) is 0 Å². The lowest BCUT2D eigenvalue weighted by Gasteiger charge is -2.13. The van der Waals surface area contributed by atoms with Crippen LogP contribution < -0.4 is 15.8 Å². The van der Waals surface area contributed by atoms with Gasteiger partial charge in [0.2, 0.25) is 0 Å². The van der Waals surface area contributed by atoms with Crippen LogP contribution >= 0.6 is 0 Å². The van der Waals surface area contributed by atoms with Gasteiger partial charge in [-0.2, -0.15) is 0 Å². The fourth-order valence-corrected chi connectivity index (χ4v) is 2.63. The third-order valence-corrected chi connectivity index (χ3v) is 3.81. The van der Waals surface area contributed by atoms with Crippen LogP contribution in [-0.4, -0.2) is 13.7 Å². The molecular formula is C19H20N2O. The molecule has 0 aromatic heterocycles. The first-order valence-electron chi connectivity index (χ1n) is 7.42. The number of para-hydroxylation sites is 1. The molecule has 0 fully saturated rings. The third-order valence-electron chi connectivity index (χ3n) is 3.81. The molecule has 0 heterocycles. The summed E-state index contributed by atoms with van der Waals surface area (Å²) >= 11 is 0. The van der Waals surface area contributed by atoms with E-state index in [1.54, 1.807) is 7.11 Å². The van der Waals surface area contributed by atoms with Crippen LogP contribution in [0.25, 0.3) is 10.8 Å². The van der Waals surface area contributed by atoms with Crippen LogP contribution in [0, 0.1) is 0 Å². The lowest BCUT2D eigenvalue weighted by molar-refractivity contribution is 0.416. The quantitative estimate of drug-likeness (QED) is 0.696. The fraction of sp³-hybridized carbons (Fsp3) is 0.158. The van der Waals surface area contributed by atoms with Crippen LogP contribution in [0.3, 0.4) is 0 Å². The molecule has 3 heteroatoms. The van der Waals surface area contributed by atoms with E-state index in [4.69, 9.17) is 10.5 Å². The molecule has 3 rings (SSSR count). The molecule has 0 aliphatic carbocycles. The molecule has 0 amide bonds. The average molecular weight is 292 g/mol. The van der Waals surface area contributed by atoms with Crippen LogP contribution in [-0.2, 0) is 6.42 Å². The van der Waals surface area contributed by atoms with E-state index in [0.29, 0.717) is 5.69 Å². The molecule has 0 aliphatic heterocycles. The van der Waals surface area contributed by atoms with Crippen LogP contribution in [0.2, 0.25) is 0 Å². The van der Waals surface area contributed by atoms with Crippen molar-refractivity contribution in [3.05, 3.63) is 66.2 Å². The van der Waals surface area contributed by atoms with Crippen molar-refractivity contribution in [2.45, 2.75) is 6.42 Å². The minimum absolute atomic E-state index is 0.706. The van der Waals surface area contributed by atoms with Crippen molar-refractivity contribution in [1.82, 2.24) is 0 Å². The average Bonchev–Trinajstić information content (AvgIpc) is 2.56. The van der Waals surface area contributed by atoms with E-state index >= 15 is 0 Å². The molecule has 0 radical (unpaired) electrons. The normalized spacial score (nSPS) is 10.6. The highest BCUT2D eigenvalue weighted by atomic mass is 16.5. The molecule has 3 N–H and O–H groups in total. The van der Waals surface area contributed by atoms with Crippen molar-refractivity contribution >= 4 is 22.1 Å². The monoisotopic (exact) mass is 292 g/mol. The highest BCUT2D eigenvalue weighted by molar-refractivity contribution is 5.83. The van der Waals surface area contributed by atoms with Crippen LogP contribution in [0.1, 0.15) is 5.56 Å². The fourth-order valence-electron chi connectivity index (χ4n) is 2.63. The van der Waals surface area contributed by atoms with Gasteiger partial charge in [0, 0.05) is 6.54 Å². The molecule has 0 bridgehead atoms. The number of hydrogen-bond donors (Lipinski definition) is 2. The summed E-state index contributed by atoms with van der Waals surface area (Å²) in [5.74, 6) is 0.776. The molecule has 0 spiro atoms. The van der Waals surface area contributed by atoms with E-state index in [1.165, 1.54) is 16.3 Å². The van der Waals surface area contributed by atoms with Gasteiger partial charge in [0.05, 0.1) is 12.8 Å². The Labute approximate surface area is 130 Å². The van der Waals surface area contributed by atoms with Gasteiger partial charge in [-0.15, -0.1) is 0 Å². The Morgan fingerprint density at radius 1 is 0.955 bits per heavy atom. The van der Waals surface area contributed by atoms with Crippen molar-refractivity contribution < 1.29 is 4.74 Å². The summed E-state index contributed by atoms with van der Waals surface area (Å²) in [5, 5.41) is 5.93. The maximum Gasteiger partial charge on any atom is 0.144 e. The zero-order valence-corrected chi connectivity index (χ0v) is 12.7. The van der Waals surface area contributed by atoms with Gasteiger partial charge in [-0.1, -0.05) is 48.5 Å². The van der Waals surface area contributed by atoms with Crippen molar-refractivity contribution in [2.24, 2.45) is 0 Å². The Hall–Kier alpha value is -2.68. The summed E-state index contributed by atoms with van der Waals surface area (Å²) in [6.45, 7) is 0.808. The SMILES string of the molecule is COc1cccc(N)c1NCCc1ccc2ccccc2c1. The molecule has 0 saturated heterocycles. The topological polar surface area (TPSA) is 47.3 Å². The van der Waals surface area contributed by atoms with E-state index in [0.717, 1.165) is 24.4 Å². The smallest absolute Gasteiger partial charge is 0.144 e. The van der Waals surface area contributed by atoms with Crippen LogP contribution in [0.15, 0.2) is 60.7 Å². The summed E-state index contributed by atoms with van der Waals surface area (Å²) in [6.07, 6.45) is 0.933. The largest absolute Gasteiger partial charge is 0.495 e. The van der Waals surface area contributed by atoms with Gasteiger partial charge in [-0.25, -0.2) is 0 Å². The number of hydrogen-bond acceptors (Lipinski definition) is 3. The Kier molecular flexibility index (Phi) is 4.15. The Bertz CT molecular complexity index is 783. The molecule has 3 aromatic rings. The highest BCUT2D eigenvalue weighted by Gasteiger charge is 2.05. The molecule has 0 aliphatic rings. The Morgan fingerprint density at radius 3 is 2.59 bits per heavy atom. The minimum atomic E-state index is 0.706. The molecule has 0 saturated carbocycles. The summed E-state index contributed by atoms with van der Waals surface area (Å²) in [7, 11) is 1.66. The predicted octanol–water partition coefficient (Wildman–Crippen LogP) is 4.09. The lowest BCUT2D eigenvalue weighted by atomic mass is 10.1. The van der Waals surface area contributed by atoms with Crippen molar-refractivity contribution in [2.75, 3.05) is 24.7 Å². The van der Waals surface area contributed by atoms with Crippen molar-refractivity contribution in [3.8, 4) is 5.75 Å². The molecule has 0 atom stereocenters. The summed E-state index contributed by atoms with van der Waals surface area (Å²) in [4.78, 5) is 0. The molecule has 0 unspecified atom stereocenters. The molecule has 22 heavy (non-hydrogen) atoms. The second kappa shape index (κ2) is 6.39. The zero-order chi connectivity index (χ0) is 15.4. The number of methoxy groups -OCH3 is 1. The van der Waals surface area contributed by atoms with Crippen molar-refractivity contribution in [3.63, 3.8) is 0 Å². The third kappa shape index (κ3) is 2.98. The minimum Gasteiger partial charge on any atom is -0.495 e. The summed E-state index contributed by atoms with van der Waals surface area (Å²) in [5.41, 5.74) is 8.89. The maximum absolute atomic E-state index is 6.01. The summed E-state index contributed by atoms with van der Waals surface area (Å²) in [6, 6.07) is 20.7. The number of nitrogen functional groups attached to an aromatic ring is 1. The van der Waals surface area contributed by atoms with Crippen LogP contribution in [0.5, 0.6) is 5.75 Å². The standard InChI is InChI=1S/C19H20N2O/c1-22-18-8-4-7-17(20)19(18)21-12-11-14-9-10-15-5-2-3-6-16(15)13-14/h2-10,13,21H,11-12,20H2,1H3. The van der Waals surface area contributed by atoms with Gasteiger partial charge in [0.1, 0.15) is 11.4 Å². The van der Waals surface area contributed by atoms with Gasteiger partial charge in [0.25, 0.3) is 0 Å². The first-order valence-corrected chi connectivity index (χ1v) is 7.42. The molecule has 3 aromatic carbocycles. The van der Waals surface area contributed by atoms with E-state index < -0.39 is 0 Å². The molecule has 112 valence electrons. The first-order chi connectivity index (χ1) is 10.8. The zero-order valence-electron chi connectivity index (χ0n) is 12.7. The number of benzene rings is 3. The van der Waals surface area contributed by atoms with Gasteiger partial charge in [0.15, 0.2) is 0 Å².